The van der Waals surface area contributed by atoms with E-state index in [1.807, 2.05) is 0 Å². The second kappa shape index (κ2) is 7.72. The van der Waals surface area contributed by atoms with Crippen LogP contribution in [0.2, 0.25) is 0 Å². The van der Waals surface area contributed by atoms with Crippen molar-refractivity contribution in [3.63, 3.8) is 0 Å². The van der Waals surface area contributed by atoms with Gasteiger partial charge >= 0.3 is 0 Å². The zero-order valence-corrected chi connectivity index (χ0v) is 9.72. The van der Waals surface area contributed by atoms with Crippen molar-refractivity contribution in [1.29, 1.82) is 0 Å². The lowest BCUT2D eigenvalue weighted by atomic mass is 10.1. The third-order valence-corrected chi connectivity index (χ3v) is 2.18. The van der Waals surface area contributed by atoms with Gasteiger partial charge < -0.3 is 4.74 Å². The molecule has 0 aliphatic heterocycles. The number of nitrogens with zero attached hydrogens (tertiary/aromatic N) is 1. The molecule has 1 aromatic rings. The van der Waals surface area contributed by atoms with Crippen molar-refractivity contribution in [2.45, 2.75) is 6.42 Å². The Labute approximate surface area is 99.6 Å². The SMILES string of the molecule is COCCONCCc1ccccc1[N+](=O)[O-]. The van der Waals surface area contributed by atoms with Gasteiger partial charge in [-0.05, 0) is 6.42 Å². The highest BCUT2D eigenvalue weighted by atomic mass is 16.7. The fourth-order valence-electron chi connectivity index (χ4n) is 1.36. The quantitative estimate of drug-likeness (QED) is 0.421. The predicted octanol–water partition coefficient (Wildman–Crippen LogP) is 1.30. The molecule has 0 fully saturated rings. The summed E-state index contributed by atoms with van der Waals surface area (Å²) in [4.78, 5) is 15.4. The topological polar surface area (TPSA) is 73.6 Å². The third kappa shape index (κ3) is 4.90. The third-order valence-electron chi connectivity index (χ3n) is 2.18. The molecule has 17 heavy (non-hydrogen) atoms. The zero-order chi connectivity index (χ0) is 12.5. The summed E-state index contributed by atoms with van der Waals surface area (Å²) in [6, 6.07) is 6.69. The number of rotatable bonds is 8. The average molecular weight is 240 g/mol. The largest absolute Gasteiger partial charge is 0.382 e. The minimum Gasteiger partial charge on any atom is -0.382 e. The molecule has 94 valence electrons. The van der Waals surface area contributed by atoms with E-state index in [0.29, 0.717) is 31.7 Å². The van der Waals surface area contributed by atoms with E-state index in [0.717, 1.165) is 0 Å². The van der Waals surface area contributed by atoms with Gasteiger partial charge in [-0.2, -0.15) is 0 Å². The van der Waals surface area contributed by atoms with Crippen LogP contribution in [0, 0.1) is 10.1 Å². The summed E-state index contributed by atoms with van der Waals surface area (Å²) in [5.74, 6) is 0. The summed E-state index contributed by atoms with van der Waals surface area (Å²) >= 11 is 0. The van der Waals surface area contributed by atoms with E-state index in [1.54, 1.807) is 25.3 Å². The maximum Gasteiger partial charge on any atom is 0.272 e. The molecule has 0 spiro atoms. The van der Waals surface area contributed by atoms with Crippen LogP contribution < -0.4 is 5.48 Å². The van der Waals surface area contributed by atoms with Crippen molar-refractivity contribution in [2.24, 2.45) is 0 Å². The number of methoxy groups -OCH3 is 1. The van der Waals surface area contributed by atoms with Gasteiger partial charge in [-0.1, -0.05) is 18.2 Å². The number of hydrogen-bond donors (Lipinski definition) is 1. The smallest absolute Gasteiger partial charge is 0.272 e. The Morgan fingerprint density at radius 2 is 2.12 bits per heavy atom. The van der Waals surface area contributed by atoms with E-state index in [1.165, 1.54) is 6.07 Å². The summed E-state index contributed by atoms with van der Waals surface area (Å²) in [7, 11) is 1.59. The number of hydroxylamine groups is 1. The van der Waals surface area contributed by atoms with E-state index in [-0.39, 0.29) is 10.6 Å². The van der Waals surface area contributed by atoms with Gasteiger partial charge in [-0.3, -0.25) is 15.0 Å². The molecule has 0 bridgehead atoms. The number of nitro groups is 1. The number of benzene rings is 1. The number of nitrogens with one attached hydrogen (secondary N) is 1. The molecule has 0 unspecified atom stereocenters. The number of nitro benzene ring substituents is 1. The van der Waals surface area contributed by atoms with Gasteiger partial charge in [0.2, 0.25) is 0 Å². The van der Waals surface area contributed by atoms with Crippen LogP contribution in [-0.4, -0.2) is 31.8 Å². The molecule has 0 aliphatic carbocycles. The van der Waals surface area contributed by atoms with Crippen LogP contribution in [0.15, 0.2) is 24.3 Å². The normalized spacial score (nSPS) is 10.4. The first-order chi connectivity index (χ1) is 8.25. The molecule has 0 aliphatic rings. The highest BCUT2D eigenvalue weighted by molar-refractivity contribution is 5.39. The van der Waals surface area contributed by atoms with Crippen molar-refractivity contribution >= 4 is 5.69 Å². The molecule has 0 radical (unpaired) electrons. The molecule has 0 saturated heterocycles. The van der Waals surface area contributed by atoms with Crippen LogP contribution in [-0.2, 0) is 16.0 Å². The first kappa shape index (κ1) is 13.6. The van der Waals surface area contributed by atoms with E-state index in [2.05, 4.69) is 5.48 Å². The lowest BCUT2D eigenvalue weighted by Crippen LogP contribution is -2.20. The molecule has 0 heterocycles. The van der Waals surface area contributed by atoms with E-state index in [9.17, 15) is 10.1 Å². The Morgan fingerprint density at radius 3 is 2.82 bits per heavy atom. The molecule has 0 aromatic heterocycles. The van der Waals surface area contributed by atoms with E-state index in [4.69, 9.17) is 9.57 Å². The van der Waals surface area contributed by atoms with Gasteiger partial charge in [0.15, 0.2) is 0 Å². The van der Waals surface area contributed by atoms with Crippen LogP contribution in [0.3, 0.4) is 0 Å². The lowest BCUT2D eigenvalue weighted by Gasteiger charge is -2.05. The monoisotopic (exact) mass is 240 g/mol. The van der Waals surface area contributed by atoms with Gasteiger partial charge in [-0.15, -0.1) is 0 Å². The molecule has 0 saturated carbocycles. The summed E-state index contributed by atoms with van der Waals surface area (Å²) in [6.45, 7) is 1.49. The first-order valence-corrected chi connectivity index (χ1v) is 5.31. The van der Waals surface area contributed by atoms with Crippen LogP contribution in [0.4, 0.5) is 5.69 Å². The summed E-state index contributed by atoms with van der Waals surface area (Å²) < 4.78 is 4.80. The van der Waals surface area contributed by atoms with Crippen LogP contribution in [0.25, 0.3) is 0 Å². The maximum atomic E-state index is 10.7. The highest BCUT2D eigenvalue weighted by Crippen LogP contribution is 2.17. The Bertz CT molecular complexity index is 357. The van der Waals surface area contributed by atoms with Crippen molar-refractivity contribution in [2.75, 3.05) is 26.9 Å². The molecular weight excluding hydrogens is 224 g/mol. The molecular formula is C11H16N2O4. The number of ether oxygens (including phenoxy) is 1. The van der Waals surface area contributed by atoms with Gasteiger partial charge in [-0.25, -0.2) is 5.48 Å². The number of hydrogen-bond acceptors (Lipinski definition) is 5. The zero-order valence-electron chi connectivity index (χ0n) is 9.72. The van der Waals surface area contributed by atoms with Gasteiger partial charge in [0.25, 0.3) is 5.69 Å². The first-order valence-electron chi connectivity index (χ1n) is 5.31. The maximum absolute atomic E-state index is 10.7. The molecule has 1 aromatic carbocycles. The van der Waals surface area contributed by atoms with Gasteiger partial charge in [0.05, 0.1) is 18.1 Å². The van der Waals surface area contributed by atoms with Crippen molar-refractivity contribution < 1.29 is 14.5 Å². The molecule has 6 heteroatoms. The van der Waals surface area contributed by atoms with Crippen LogP contribution in [0.5, 0.6) is 0 Å². The minimum atomic E-state index is -0.374. The Kier molecular flexibility index (Phi) is 6.16. The van der Waals surface area contributed by atoms with E-state index >= 15 is 0 Å². The second-order valence-corrected chi connectivity index (χ2v) is 3.37. The second-order valence-electron chi connectivity index (χ2n) is 3.37. The van der Waals surface area contributed by atoms with E-state index < -0.39 is 0 Å². The Morgan fingerprint density at radius 1 is 1.35 bits per heavy atom. The van der Waals surface area contributed by atoms with Crippen LogP contribution >= 0.6 is 0 Å². The molecule has 6 nitrogen and oxygen atoms in total. The van der Waals surface area contributed by atoms with Crippen molar-refractivity contribution in [1.82, 2.24) is 5.48 Å². The summed E-state index contributed by atoms with van der Waals surface area (Å²) in [5.41, 5.74) is 3.57. The van der Waals surface area contributed by atoms with Crippen molar-refractivity contribution in [3.05, 3.63) is 39.9 Å². The fraction of sp³-hybridized carbons (Fsp3) is 0.455. The summed E-state index contributed by atoms with van der Waals surface area (Å²) in [6.07, 6.45) is 0.546. The van der Waals surface area contributed by atoms with Gasteiger partial charge in [0.1, 0.15) is 0 Å². The summed E-state index contributed by atoms with van der Waals surface area (Å²) in [5, 5.41) is 10.7. The Balaban J connectivity index is 2.34. The fourth-order valence-corrected chi connectivity index (χ4v) is 1.36. The predicted molar refractivity (Wildman–Crippen MR) is 62.6 cm³/mol. The molecule has 0 atom stereocenters. The number of para-hydroxylation sites is 1. The average Bonchev–Trinajstić information content (AvgIpc) is 2.34. The lowest BCUT2D eigenvalue weighted by molar-refractivity contribution is -0.385. The molecule has 0 amide bonds. The van der Waals surface area contributed by atoms with Crippen LogP contribution in [0.1, 0.15) is 5.56 Å². The molecule has 1 N–H and O–H groups in total. The molecule has 1 rings (SSSR count). The van der Waals surface area contributed by atoms with Crippen molar-refractivity contribution in [3.8, 4) is 0 Å². The Hall–Kier alpha value is -1.50. The highest BCUT2D eigenvalue weighted by Gasteiger charge is 2.11. The van der Waals surface area contributed by atoms with Gasteiger partial charge in [0, 0.05) is 25.3 Å². The standard InChI is InChI=1S/C11H16N2O4/c1-16-8-9-17-12-7-6-10-4-2-3-5-11(10)13(14)15/h2-5,12H,6-9H2,1H3. The minimum absolute atomic E-state index is 0.145.